The molecule has 2 N–H and O–H groups in total. The highest BCUT2D eigenvalue weighted by Gasteiger charge is 2.07. The fourth-order valence-corrected chi connectivity index (χ4v) is 2.53. The zero-order valence-electron chi connectivity index (χ0n) is 7.83. The first-order valence-corrected chi connectivity index (χ1v) is 5.70. The van der Waals surface area contributed by atoms with Crippen molar-refractivity contribution in [2.75, 3.05) is 0 Å². The van der Waals surface area contributed by atoms with Gasteiger partial charge in [0.15, 0.2) is 0 Å². The summed E-state index contributed by atoms with van der Waals surface area (Å²) in [6.45, 7) is 1.99. The number of nitrogens with two attached hydrogens (primary N) is 1. The van der Waals surface area contributed by atoms with Crippen molar-refractivity contribution in [2.24, 2.45) is 5.73 Å². The molecular formula is C10H11ClN2S. The molecule has 1 unspecified atom stereocenters. The fraction of sp³-hybridized carbons (Fsp3) is 0.300. The van der Waals surface area contributed by atoms with Crippen LogP contribution in [0.2, 0.25) is 5.02 Å². The zero-order chi connectivity index (χ0) is 10.1. The van der Waals surface area contributed by atoms with Crippen molar-refractivity contribution in [1.29, 1.82) is 0 Å². The summed E-state index contributed by atoms with van der Waals surface area (Å²) in [7, 11) is 0. The van der Waals surface area contributed by atoms with Crippen LogP contribution < -0.4 is 5.73 Å². The Morgan fingerprint density at radius 3 is 3.07 bits per heavy atom. The van der Waals surface area contributed by atoms with E-state index >= 15 is 0 Å². The monoisotopic (exact) mass is 226 g/mol. The van der Waals surface area contributed by atoms with Gasteiger partial charge in [0, 0.05) is 11.1 Å². The Morgan fingerprint density at radius 2 is 2.36 bits per heavy atom. The number of hydrogen-bond acceptors (Lipinski definition) is 3. The molecule has 14 heavy (non-hydrogen) atoms. The van der Waals surface area contributed by atoms with Crippen LogP contribution in [-0.4, -0.2) is 11.0 Å². The van der Waals surface area contributed by atoms with Gasteiger partial charge in [-0.05, 0) is 31.0 Å². The molecule has 1 aromatic carbocycles. The molecule has 0 saturated heterocycles. The number of rotatable bonds is 2. The summed E-state index contributed by atoms with van der Waals surface area (Å²) in [5.74, 6) is 0. The highest BCUT2D eigenvalue weighted by Crippen LogP contribution is 2.27. The number of hydrogen-bond donors (Lipinski definition) is 1. The van der Waals surface area contributed by atoms with Crippen LogP contribution in [0.15, 0.2) is 17.6 Å². The predicted octanol–water partition coefficient (Wildman–Crippen LogP) is 2.84. The number of halogens is 1. The van der Waals surface area contributed by atoms with Gasteiger partial charge in [0.1, 0.15) is 0 Å². The lowest BCUT2D eigenvalue weighted by atomic mass is 10.1. The maximum absolute atomic E-state index is 5.99. The average Bonchev–Trinajstić information content (AvgIpc) is 2.50. The Bertz CT molecular complexity index is 450. The maximum Gasteiger partial charge on any atom is 0.0829 e. The Labute approximate surface area is 91.7 Å². The van der Waals surface area contributed by atoms with Crippen LogP contribution in [0, 0.1) is 0 Å². The smallest absolute Gasteiger partial charge is 0.0829 e. The number of benzene rings is 1. The average molecular weight is 227 g/mol. The van der Waals surface area contributed by atoms with Crippen molar-refractivity contribution in [1.82, 2.24) is 4.98 Å². The molecular weight excluding hydrogens is 216 g/mol. The third-order valence-electron chi connectivity index (χ3n) is 2.02. The topological polar surface area (TPSA) is 38.9 Å². The standard InChI is InChI=1S/C10H11ClN2S/c1-6(12)2-7-3-8(11)4-9-10(7)14-5-13-9/h3-6H,2,12H2,1H3. The minimum Gasteiger partial charge on any atom is -0.328 e. The van der Waals surface area contributed by atoms with Gasteiger partial charge in [-0.15, -0.1) is 11.3 Å². The van der Waals surface area contributed by atoms with E-state index in [1.807, 2.05) is 24.6 Å². The van der Waals surface area contributed by atoms with E-state index in [0.29, 0.717) is 0 Å². The van der Waals surface area contributed by atoms with E-state index in [1.54, 1.807) is 11.3 Å². The van der Waals surface area contributed by atoms with E-state index in [-0.39, 0.29) is 6.04 Å². The van der Waals surface area contributed by atoms with Gasteiger partial charge < -0.3 is 5.73 Å². The SMILES string of the molecule is CC(N)Cc1cc(Cl)cc2ncsc12. The van der Waals surface area contributed by atoms with Crippen molar-refractivity contribution in [2.45, 2.75) is 19.4 Å². The molecule has 2 nitrogen and oxygen atoms in total. The quantitative estimate of drug-likeness (QED) is 0.855. The van der Waals surface area contributed by atoms with Crippen molar-refractivity contribution >= 4 is 33.2 Å². The normalized spacial score (nSPS) is 13.4. The maximum atomic E-state index is 5.99. The molecule has 0 bridgehead atoms. The molecule has 0 aliphatic carbocycles. The molecule has 4 heteroatoms. The van der Waals surface area contributed by atoms with Crippen LogP contribution >= 0.6 is 22.9 Å². The van der Waals surface area contributed by atoms with Gasteiger partial charge in [-0.25, -0.2) is 4.98 Å². The van der Waals surface area contributed by atoms with E-state index in [4.69, 9.17) is 17.3 Å². The third kappa shape index (κ3) is 1.90. The van der Waals surface area contributed by atoms with Crippen LogP contribution in [-0.2, 0) is 6.42 Å². The number of nitrogens with zero attached hydrogens (tertiary/aromatic N) is 1. The minimum absolute atomic E-state index is 0.152. The minimum atomic E-state index is 0.152. The highest BCUT2D eigenvalue weighted by molar-refractivity contribution is 7.17. The van der Waals surface area contributed by atoms with Gasteiger partial charge >= 0.3 is 0 Å². The summed E-state index contributed by atoms with van der Waals surface area (Å²) in [6, 6.07) is 4.02. The molecule has 0 spiro atoms. The lowest BCUT2D eigenvalue weighted by Crippen LogP contribution is -2.17. The molecule has 2 aromatic rings. The molecule has 1 aromatic heterocycles. The van der Waals surface area contributed by atoms with E-state index in [2.05, 4.69) is 4.98 Å². The van der Waals surface area contributed by atoms with Gasteiger partial charge in [0.2, 0.25) is 0 Å². The first-order valence-electron chi connectivity index (χ1n) is 4.44. The third-order valence-corrected chi connectivity index (χ3v) is 3.15. The molecule has 0 aliphatic heterocycles. The van der Waals surface area contributed by atoms with Crippen LogP contribution in [0.25, 0.3) is 10.2 Å². The van der Waals surface area contributed by atoms with Gasteiger partial charge in [0.25, 0.3) is 0 Å². The summed E-state index contributed by atoms with van der Waals surface area (Å²) in [5, 5.41) is 0.735. The second-order valence-corrected chi connectivity index (χ2v) is 4.74. The van der Waals surface area contributed by atoms with Gasteiger partial charge in [0.05, 0.1) is 15.7 Å². The van der Waals surface area contributed by atoms with Gasteiger partial charge in [-0.1, -0.05) is 11.6 Å². The summed E-state index contributed by atoms with van der Waals surface area (Å²) in [5.41, 5.74) is 9.78. The highest BCUT2D eigenvalue weighted by atomic mass is 35.5. The van der Waals surface area contributed by atoms with E-state index in [0.717, 1.165) is 17.0 Å². The Hall–Kier alpha value is -0.640. The molecule has 0 fully saturated rings. The summed E-state index contributed by atoms with van der Waals surface area (Å²) < 4.78 is 1.20. The molecule has 74 valence electrons. The van der Waals surface area contributed by atoms with Gasteiger partial charge in [-0.3, -0.25) is 0 Å². The van der Waals surface area contributed by atoms with Crippen molar-refractivity contribution in [3.05, 3.63) is 28.2 Å². The van der Waals surface area contributed by atoms with Crippen molar-refractivity contribution in [3.63, 3.8) is 0 Å². The Kier molecular flexibility index (Phi) is 2.72. The van der Waals surface area contributed by atoms with E-state index in [1.165, 1.54) is 10.3 Å². The molecule has 0 amide bonds. The van der Waals surface area contributed by atoms with Gasteiger partial charge in [-0.2, -0.15) is 0 Å². The second kappa shape index (κ2) is 3.85. The molecule has 2 rings (SSSR count). The molecule has 0 radical (unpaired) electrons. The van der Waals surface area contributed by atoms with Crippen LogP contribution in [0.3, 0.4) is 0 Å². The Balaban J connectivity index is 2.55. The predicted molar refractivity (Wildman–Crippen MR) is 62.0 cm³/mol. The number of thiazole rings is 1. The summed E-state index contributed by atoms with van der Waals surface area (Å²) in [4.78, 5) is 4.24. The number of fused-ring (bicyclic) bond motifs is 1. The largest absolute Gasteiger partial charge is 0.328 e. The summed E-state index contributed by atoms with van der Waals surface area (Å²) >= 11 is 7.63. The number of aromatic nitrogens is 1. The lowest BCUT2D eigenvalue weighted by molar-refractivity contribution is 0.742. The fourth-order valence-electron chi connectivity index (χ4n) is 1.50. The molecule has 1 heterocycles. The zero-order valence-corrected chi connectivity index (χ0v) is 9.40. The van der Waals surface area contributed by atoms with E-state index in [9.17, 15) is 0 Å². The first kappa shape index (κ1) is 9.90. The summed E-state index contributed by atoms with van der Waals surface area (Å²) in [6.07, 6.45) is 0.846. The lowest BCUT2D eigenvalue weighted by Gasteiger charge is -2.06. The van der Waals surface area contributed by atoms with Crippen LogP contribution in [0.5, 0.6) is 0 Å². The molecule has 0 aliphatic rings. The van der Waals surface area contributed by atoms with Crippen LogP contribution in [0.1, 0.15) is 12.5 Å². The molecule has 0 saturated carbocycles. The van der Waals surface area contributed by atoms with Crippen LogP contribution in [0.4, 0.5) is 0 Å². The first-order chi connectivity index (χ1) is 6.66. The second-order valence-electron chi connectivity index (χ2n) is 3.45. The van der Waals surface area contributed by atoms with Crippen molar-refractivity contribution in [3.8, 4) is 0 Å². The van der Waals surface area contributed by atoms with Crippen molar-refractivity contribution < 1.29 is 0 Å². The van der Waals surface area contributed by atoms with E-state index < -0.39 is 0 Å². The Morgan fingerprint density at radius 1 is 1.57 bits per heavy atom. The molecule has 1 atom stereocenters.